The summed E-state index contributed by atoms with van der Waals surface area (Å²) < 4.78 is 23.4. The molecule has 0 saturated heterocycles. The Morgan fingerprint density at radius 3 is 2.56 bits per heavy atom. The molecule has 0 aliphatic heterocycles. The molecule has 0 radical (unpaired) electrons. The van der Waals surface area contributed by atoms with Crippen molar-refractivity contribution >= 4 is 5.97 Å². The van der Waals surface area contributed by atoms with Crippen molar-refractivity contribution in [1.82, 2.24) is 0 Å². The van der Waals surface area contributed by atoms with Gasteiger partial charge in [-0.05, 0) is 25.0 Å². The molecule has 100 valence electrons. The molecular formula is C13H18FNO3. The Bertz CT molecular complexity index is 436. The molecule has 0 saturated carbocycles. The predicted octanol–water partition coefficient (Wildman–Crippen LogP) is 1.51. The number of carbonyl (C=O) groups excluding carboxylic acids is 1. The fraction of sp³-hybridized carbons (Fsp3) is 0.462. The van der Waals surface area contributed by atoms with Gasteiger partial charge in [-0.25, -0.2) is 4.39 Å². The number of methoxy groups -OCH3 is 2. The zero-order valence-electron chi connectivity index (χ0n) is 10.8. The summed E-state index contributed by atoms with van der Waals surface area (Å²) in [6.07, 6.45) is 0.187. The van der Waals surface area contributed by atoms with E-state index in [9.17, 15) is 9.18 Å². The van der Waals surface area contributed by atoms with Gasteiger partial charge in [0, 0.05) is 12.6 Å². The van der Waals surface area contributed by atoms with Crippen LogP contribution in [-0.2, 0) is 16.0 Å². The topological polar surface area (TPSA) is 61.5 Å². The number of esters is 1. The SMILES string of the molecule is COC(=O)C(C)(CN)Cc1ccc(OC)cc1F. The van der Waals surface area contributed by atoms with Gasteiger partial charge in [0.2, 0.25) is 0 Å². The third-order valence-electron chi connectivity index (χ3n) is 2.97. The first kappa shape index (κ1) is 14.4. The third kappa shape index (κ3) is 2.98. The van der Waals surface area contributed by atoms with Crippen molar-refractivity contribution in [3.63, 3.8) is 0 Å². The predicted molar refractivity (Wildman–Crippen MR) is 65.8 cm³/mol. The lowest BCUT2D eigenvalue weighted by Gasteiger charge is -2.25. The lowest BCUT2D eigenvalue weighted by molar-refractivity contribution is -0.151. The van der Waals surface area contributed by atoms with Gasteiger partial charge < -0.3 is 15.2 Å². The van der Waals surface area contributed by atoms with E-state index in [1.54, 1.807) is 19.1 Å². The van der Waals surface area contributed by atoms with E-state index in [4.69, 9.17) is 15.2 Å². The van der Waals surface area contributed by atoms with Gasteiger partial charge in [-0.1, -0.05) is 6.07 Å². The summed E-state index contributed by atoms with van der Waals surface area (Å²) in [6, 6.07) is 4.52. The monoisotopic (exact) mass is 255 g/mol. The lowest BCUT2D eigenvalue weighted by Crippen LogP contribution is -2.39. The number of ether oxygens (including phenoxy) is 2. The molecule has 2 N–H and O–H groups in total. The Balaban J connectivity index is 2.98. The second-order valence-corrected chi connectivity index (χ2v) is 4.39. The molecule has 0 aliphatic carbocycles. The Kier molecular flexibility index (Phi) is 4.67. The maximum atomic E-state index is 13.8. The Morgan fingerprint density at radius 2 is 2.11 bits per heavy atom. The van der Waals surface area contributed by atoms with Crippen LogP contribution in [0.2, 0.25) is 0 Å². The normalized spacial score (nSPS) is 13.8. The number of hydrogen-bond acceptors (Lipinski definition) is 4. The zero-order chi connectivity index (χ0) is 13.8. The van der Waals surface area contributed by atoms with Crippen molar-refractivity contribution in [2.24, 2.45) is 11.1 Å². The maximum Gasteiger partial charge on any atom is 0.313 e. The molecule has 0 heterocycles. The van der Waals surface area contributed by atoms with Gasteiger partial charge >= 0.3 is 5.97 Å². The molecule has 0 bridgehead atoms. The van der Waals surface area contributed by atoms with E-state index in [0.717, 1.165) is 0 Å². The van der Waals surface area contributed by atoms with E-state index >= 15 is 0 Å². The molecule has 5 heteroatoms. The minimum atomic E-state index is -0.926. The maximum absolute atomic E-state index is 13.8. The Labute approximate surface area is 106 Å². The van der Waals surface area contributed by atoms with E-state index in [2.05, 4.69) is 0 Å². The van der Waals surface area contributed by atoms with E-state index in [1.165, 1.54) is 20.3 Å². The number of benzene rings is 1. The van der Waals surface area contributed by atoms with Crippen molar-refractivity contribution in [1.29, 1.82) is 0 Å². The van der Waals surface area contributed by atoms with Crippen LogP contribution in [-0.4, -0.2) is 26.7 Å². The molecule has 1 rings (SSSR count). The molecular weight excluding hydrogens is 237 g/mol. The number of halogens is 1. The van der Waals surface area contributed by atoms with Gasteiger partial charge in [0.15, 0.2) is 0 Å². The fourth-order valence-electron chi connectivity index (χ4n) is 1.69. The Hall–Kier alpha value is -1.62. The van der Waals surface area contributed by atoms with Gasteiger partial charge in [-0.2, -0.15) is 0 Å². The summed E-state index contributed by atoms with van der Waals surface area (Å²) in [5, 5.41) is 0. The average molecular weight is 255 g/mol. The second-order valence-electron chi connectivity index (χ2n) is 4.39. The van der Waals surface area contributed by atoms with Gasteiger partial charge in [-0.3, -0.25) is 4.79 Å². The summed E-state index contributed by atoms with van der Waals surface area (Å²) in [5.74, 6) is -0.429. The second kappa shape index (κ2) is 5.82. The highest BCUT2D eigenvalue weighted by Crippen LogP contribution is 2.26. The Morgan fingerprint density at radius 1 is 1.44 bits per heavy atom. The minimum absolute atomic E-state index is 0.0884. The summed E-state index contributed by atoms with van der Waals surface area (Å²) in [5.41, 5.74) is 5.07. The molecule has 0 amide bonds. The number of rotatable bonds is 5. The van der Waals surface area contributed by atoms with E-state index in [-0.39, 0.29) is 13.0 Å². The molecule has 0 aliphatic rings. The molecule has 0 spiro atoms. The van der Waals surface area contributed by atoms with E-state index < -0.39 is 17.2 Å². The van der Waals surface area contributed by atoms with Crippen molar-refractivity contribution in [3.05, 3.63) is 29.6 Å². The van der Waals surface area contributed by atoms with Gasteiger partial charge in [0.05, 0.1) is 19.6 Å². The number of hydrogen-bond donors (Lipinski definition) is 1. The van der Waals surface area contributed by atoms with Gasteiger partial charge in [-0.15, -0.1) is 0 Å². The summed E-state index contributed by atoms with van der Waals surface area (Å²) in [7, 11) is 2.76. The van der Waals surface area contributed by atoms with Crippen molar-refractivity contribution in [2.45, 2.75) is 13.3 Å². The van der Waals surface area contributed by atoms with Crippen LogP contribution < -0.4 is 10.5 Å². The highest BCUT2D eigenvalue weighted by molar-refractivity contribution is 5.77. The average Bonchev–Trinajstić information content (AvgIpc) is 2.39. The summed E-state index contributed by atoms with van der Waals surface area (Å²) in [4.78, 5) is 11.7. The first-order valence-electron chi connectivity index (χ1n) is 5.57. The summed E-state index contributed by atoms with van der Waals surface area (Å²) >= 11 is 0. The third-order valence-corrected chi connectivity index (χ3v) is 2.97. The first-order valence-corrected chi connectivity index (χ1v) is 5.57. The van der Waals surface area contributed by atoms with Crippen molar-refractivity contribution < 1.29 is 18.7 Å². The van der Waals surface area contributed by atoms with Crippen LogP contribution in [0.25, 0.3) is 0 Å². The van der Waals surface area contributed by atoms with Gasteiger partial charge in [0.25, 0.3) is 0 Å². The molecule has 1 aromatic carbocycles. The van der Waals surface area contributed by atoms with Crippen molar-refractivity contribution in [2.75, 3.05) is 20.8 Å². The standard InChI is InChI=1S/C13H18FNO3/c1-13(8-15,12(16)18-3)7-9-4-5-10(17-2)6-11(9)14/h4-6H,7-8,15H2,1-3H3. The lowest BCUT2D eigenvalue weighted by atomic mass is 9.83. The molecule has 0 aromatic heterocycles. The summed E-state index contributed by atoms with van der Waals surface area (Å²) in [6.45, 7) is 1.74. The van der Waals surface area contributed by atoms with Crippen molar-refractivity contribution in [3.8, 4) is 5.75 Å². The largest absolute Gasteiger partial charge is 0.497 e. The van der Waals surface area contributed by atoms with Crippen LogP contribution >= 0.6 is 0 Å². The number of nitrogens with two attached hydrogens (primary N) is 1. The minimum Gasteiger partial charge on any atom is -0.497 e. The molecule has 1 aromatic rings. The fourth-order valence-corrected chi connectivity index (χ4v) is 1.69. The molecule has 1 atom stereocenters. The van der Waals surface area contributed by atoms with Crippen LogP contribution in [0.1, 0.15) is 12.5 Å². The smallest absolute Gasteiger partial charge is 0.313 e. The molecule has 1 unspecified atom stereocenters. The van der Waals surface area contributed by atoms with E-state index in [1.807, 2.05) is 0 Å². The highest BCUT2D eigenvalue weighted by Gasteiger charge is 2.34. The molecule has 0 fully saturated rings. The van der Waals surface area contributed by atoms with Crippen LogP contribution in [0.15, 0.2) is 18.2 Å². The van der Waals surface area contributed by atoms with Crippen LogP contribution in [0, 0.1) is 11.2 Å². The quantitative estimate of drug-likeness (QED) is 0.810. The van der Waals surface area contributed by atoms with Gasteiger partial charge in [0.1, 0.15) is 11.6 Å². The van der Waals surface area contributed by atoms with E-state index in [0.29, 0.717) is 11.3 Å². The van der Waals surface area contributed by atoms with Crippen LogP contribution in [0.4, 0.5) is 4.39 Å². The zero-order valence-corrected chi connectivity index (χ0v) is 10.8. The first-order chi connectivity index (χ1) is 8.46. The van der Waals surface area contributed by atoms with Crippen LogP contribution in [0.3, 0.4) is 0 Å². The molecule has 18 heavy (non-hydrogen) atoms. The van der Waals surface area contributed by atoms with Crippen LogP contribution in [0.5, 0.6) is 5.75 Å². The number of carbonyl (C=O) groups is 1. The molecule has 4 nitrogen and oxygen atoms in total. The highest BCUT2D eigenvalue weighted by atomic mass is 19.1.